The lowest BCUT2D eigenvalue weighted by atomic mass is 10.2. The van der Waals surface area contributed by atoms with Crippen LogP contribution in [0.25, 0.3) is 10.9 Å². The second-order valence-corrected chi connectivity index (χ2v) is 5.54. The highest BCUT2D eigenvalue weighted by atomic mass is 35.5. The molecule has 2 heterocycles. The predicted molar refractivity (Wildman–Crippen MR) is 83.3 cm³/mol. The maximum absolute atomic E-state index is 5.98. The summed E-state index contributed by atoms with van der Waals surface area (Å²) < 4.78 is 0. The van der Waals surface area contributed by atoms with Crippen molar-refractivity contribution in [3.8, 4) is 0 Å². The summed E-state index contributed by atoms with van der Waals surface area (Å²) in [5, 5.41) is 9.59. The molecule has 0 aliphatic heterocycles. The molecule has 0 aliphatic rings. The van der Waals surface area contributed by atoms with E-state index in [-0.39, 0.29) is 0 Å². The number of nitrogens with zero attached hydrogens (tertiary/aromatic N) is 1. The maximum Gasteiger partial charge on any atom is 0.0737 e. The molecule has 2 aromatic heterocycles. The lowest BCUT2D eigenvalue weighted by Crippen LogP contribution is -2.04. The fraction of sp³-hybridized carbons (Fsp3) is 0.133. The van der Waals surface area contributed by atoms with Crippen molar-refractivity contribution in [1.82, 2.24) is 4.98 Å². The van der Waals surface area contributed by atoms with Crippen LogP contribution in [0.15, 0.2) is 47.3 Å². The summed E-state index contributed by atoms with van der Waals surface area (Å²) in [4.78, 5) is 4.34. The van der Waals surface area contributed by atoms with Gasteiger partial charge in [-0.25, -0.2) is 0 Å². The van der Waals surface area contributed by atoms with E-state index in [1.54, 1.807) is 11.3 Å². The zero-order valence-corrected chi connectivity index (χ0v) is 11.8. The average Bonchev–Trinajstić information content (AvgIpc) is 2.92. The molecule has 0 spiro atoms. The summed E-state index contributed by atoms with van der Waals surface area (Å²) in [6.07, 6.45) is 2.84. The molecule has 3 rings (SSSR count). The van der Waals surface area contributed by atoms with Crippen LogP contribution in [-0.2, 0) is 6.42 Å². The van der Waals surface area contributed by atoms with Crippen LogP contribution < -0.4 is 5.32 Å². The molecule has 19 heavy (non-hydrogen) atoms. The smallest absolute Gasteiger partial charge is 0.0737 e. The van der Waals surface area contributed by atoms with Gasteiger partial charge in [0.2, 0.25) is 0 Å². The molecule has 4 heteroatoms. The van der Waals surface area contributed by atoms with Crippen molar-refractivity contribution in [2.24, 2.45) is 0 Å². The van der Waals surface area contributed by atoms with Crippen molar-refractivity contribution >= 4 is 39.5 Å². The zero-order valence-electron chi connectivity index (χ0n) is 10.3. The third-order valence-electron chi connectivity index (χ3n) is 3.01. The number of nitrogens with one attached hydrogen (secondary N) is 1. The number of anilines is 1. The van der Waals surface area contributed by atoms with Crippen molar-refractivity contribution in [2.75, 3.05) is 11.9 Å². The number of hydrogen-bond acceptors (Lipinski definition) is 3. The quantitative estimate of drug-likeness (QED) is 0.759. The Morgan fingerprint density at radius 1 is 1.21 bits per heavy atom. The summed E-state index contributed by atoms with van der Waals surface area (Å²) in [5.74, 6) is 0. The maximum atomic E-state index is 5.98. The summed E-state index contributed by atoms with van der Waals surface area (Å²) in [6, 6.07) is 9.97. The van der Waals surface area contributed by atoms with Gasteiger partial charge in [0.05, 0.1) is 5.52 Å². The van der Waals surface area contributed by atoms with E-state index in [0.717, 1.165) is 34.6 Å². The molecule has 0 atom stereocenters. The SMILES string of the molecule is Clc1ccc2c(NCCc3ccsc3)ccnc2c1. The number of rotatable bonds is 4. The van der Waals surface area contributed by atoms with Crippen molar-refractivity contribution in [3.05, 3.63) is 57.9 Å². The normalized spacial score (nSPS) is 10.8. The number of hydrogen-bond donors (Lipinski definition) is 1. The van der Waals surface area contributed by atoms with Crippen molar-refractivity contribution in [3.63, 3.8) is 0 Å². The number of halogens is 1. The van der Waals surface area contributed by atoms with Gasteiger partial charge in [0.15, 0.2) is 0 Å². The van der Waals surface area contributed by atoms with Crippen LogP contribution in [0.2, 0.25) is 5.02 Å². The van der Waals surface area contributed by atoms with Crippen molar-refractivity contribution in [2.45, 2.75) is 6.42 Å². The van der Waals surface area contributed by atoms with Gasteiger partial charge in [-0.2, -0.15) is 11.3 Å². The summed E-state index contributed by atoms with van der Waals surface area (Å²) in [6.45, 7) is 0.915. The summed E-state index contributed by atoms with van der Waals surface area (Å²) >= 11 is 7.72. The number of aromatic nitrogens is 1. The zero-order chi connectivity index (χ0) is 13.1. The Hall–Kier alpha value is -1.58. The van der Waals surface area contributed by atoms with Crippen molar-refractivity contribution in [1.29, 1.82) is 0 Å². The topological polar surface area (TPSA) is 24.9 Å². The van der Waals surface area contributed by atoms with E-state index >= 15 is 0 Å². The van der Waals surface area contributed by atoms with Gasteiger partial charge in [0.1, 0.15) is 0 Å². The second kappa shape index (κ2) is 5.59. The standard InChI is InChI=1S/C15H13ClN2S/c16-12-1-2-13-14(4-7-18-15(13)9-12)17-6-3-11-5-8-19-10-11/h1-2,4-5,7-10H,3,6H2,(H,17,18). The van der Waals surface area contributed by atoms with Gasteiger partial charge in [0.25, 0.3) is 0 Å². The van der Waals surface area contributed by atoms with Crippen LogP contribution in [-0.4, -0.2) is 11.5 Å². The largest absolute Gasteiger partial charge is 0.384 e. The first-order valence-electron chi connectivity index (χ1n) is 6.12. The molecule has 0 saturated carbocycles. The molecule has 0 saturated heterocycles. The lowest BCUT2D eigenvalue weighted by molar-refractivity contribution is 1.03. The van der Waals surface area contributed by atoms with E-state index in [4.69, 9.17) is 11.6 Å². The van der Waals surface area contributed by atoms with Gasteiger partial charge >= 0.3 is 0 Å². The van der Waals surface area contributed by atoms with Gasteiger partial charge in [-0.3, -0.25) is 4.98 Å². The Labute approximate surface area is 121 Å². The molecule has 0 unspecified atom stereocenters. The van der Waals surface area contributed by atoms with Crippen LogP contribution in [0.4, 0.5) is 5.69 Å². The molecule has 0 radical (unpaired) electrons. The van der Waals surface area contributed by atoms with Crippen LogP contribution in [0, 0.1) is 0 Å². The van der Waals surface area contributed by atoms with E-state index < -0.39 is 0 Å². The van der Waals surface area contributed by atoms with Gasteiger partial charge in [-0.1, -0.05) is 11.6 Å². The molecule has 3 aromatic rings. The van der Waals surface area contributed by atoms with E-state index in [2.05, 4.69) is 27.1 Å². The minimum Gasteiger partial charge on any atom is -0.384 e. The highest BCUT2D eigenvalue weighted by molar-refractivity contribution is 7.07. The van der Waals surface area contributed by atoms with Crippen molar-refractivity contribution < 1.29 is 0 Å². The van der Waals surface area contributed by atoms with Crippen LogP contribution in [0.5, 0.6) is 0 Å². The molecule has 0 aliphatic carbocycles. The van der Waals surface area contributed by atoms with E-state index in [9.17, 15) is 0 Å². The van der Waals surface area contributed by atoms with Crippen LogP contribution in [0.1, 0.15) is 5.56 Å². The lowest BCUT2D eigenvalue weighted by Gasteiger charge is -2.09. The highest BCUT2D eigenvalue weighted by Crippen LogP contribution is 2.24. The van der Waals surface area contributed by atoms with E-state index in [0.29, 0.717) is 0 Å². The molecule has 0 amide bonds. The van der Waals surface area contributed by atoms with Crippen LogP contribution in [0.3, 0.4) is 0 Å². The summed E-state index contributed by atoms with van der Waals surface area (Å²) in [7, 11) is 0. The molecule has 0 bridgehead atoms. The Balaban J connectivity index is 1.77. The molecular formula is C15H13ClN2S. The molecule has 2 nitrogen and oxygen atoms in total. The minimum atomic E-state index is 0.718. The van der Waals surface area contributed by atoms with E-state index in [1.165, 1.54) is 5.56 Å². The Kier molecular flexibility index (Phi) is 3.67. The average molecular weight is 289 g/mol. The summed E-state index contributed by atoms with van der Waals surface area (Å²) in [5.41, 5.74) is 3.41. The van der Waals surface area contributed by atoms with Gasteiger partial charge in [-0.05, 0) is 53.1 Å². The first kappa shape index (κ1) is 12.5. The molecular weight excluding hydrogens is 276 g/mol. The predicted octanol–water partition coefficient (Wildman–Crippen LogP) is 4.60. The van der Waals surface area contributed by atoms with Gasteiger partial charge in [-0.15, -0.1) is 0 Å². The fourth-order valence-corrected chi connectivity index (χ4v) is 2.92. The van der Waals surface area contributed by atoms with Crippen LogP contribution >= 0.6 is 22.9 Å². The number of pyridine rings is 1. The first-order chi connectivity index (χ1) is 9.33. The molecule has 1 N–H and O–H groups in total. The number of thiophene rings is 1. The Morgan fingerprint density at radius 3 is 3.00 bits per heavy atom. The van der Waals surface area contributed by atoms with Gasteiger partial charge < -0.3 is 5.32 Å². The number of benzene rings is 1. The third-order valence-corrected chi connectivity index (χ3v) is 3.98. The first-order valence-corrected chi connectivity index (χ1v) is 7.44. The molecule has 0 fully saturated rings. The monoisotopic (exact) mass is 288 g/mol. The number of fused-ring (bicyclic) bond motifs is 1. The minimum absolute atomic E-state index is 0.718. The highest BCUT2D eigenvalue weighted by Gasteiger charge is 2.02. The molecule has 1 aromatic carbocycles. The Morgan fingerprint density at radius 2 is 2.16 bits per heavy atom. The Bertz CT molecular complexity index is 680. The third kappa shape index (κ3) is 2.88. The van der Waals surface area contributed by atoms with E-state index in [1.807, 2.05) is 30.5 Å². The fourth-order valence-electron chi connectivity index (χ4n) is 2.05. The second-order valence-electron chi connectivity index (χ2n) is 4.33. The van der Waals surface area contributed by atoms with Gasteiger partial charge in [0, 0.05) is 28.8 Å². The molecule has 96 valence electrons.